The molecule has 0 bridgehead atoms. The number of thiazole rings is 1. The van der Waals surface area contributed by atoms with Crippen LogP contribution in [0.25, 0.3) is 0 Å². The predicted molar refractivity (Wildman–Crippen MR) is 92.0 cm³/mol. The van der Waals surface area contributed by atoms with E-state index in [9.17, 15) is 4.79 Å². The largest absolute Gasteiger partial charge is 0.372 e. The van der Waals surface area contributed by atoms with Crippen LogP contribution in [0, 0.1) is 0 Å². The summed E-state index contributed by atoms with van der Waals surface area (Å²) in [5, 5.41) is 3.09. The molecule has 0 spiro atoms. The molecule has 3 unspecified atom stereocenters. The fourth-order valence-electron chi connectivity index (χ4n) is 3.45. The number of carbonyl (C=O) groups is 1. The number of hydrogen-bond acceptors (Lipinski definition) is 6. The quantitative estimate of drug-likeness (QED) is 0.831. The van der Waals surface area contributed by atoms with Crippen LogP contribution in [0.5, 0.6) is 0 Å². The third-order valence-electron chi connectivity index (χ3n) is 4.64. The highest BCUT2D eigenvalue weighted by Crippen LogP contribution is 2.20. The third kappa shape index (κ3) is 3.84. The smallest absolute Gasteiger partial charge is 0.239 e. The molecule has 0 N–H and O–H groups in total. The zero-order valence-electron chi connectivity index (χ0n) is 14.1. The molecule has 3 heterocycles. The van der Waals surface area contributed by atoms with Gasteiger partial charge in [0, 0.05) is 50.8 Å². The van der Waals surface area contributed by atoms with E-state index < -0.39 is 0 Å². The minimum absolute atomic E-state index is 0.0639. The zero-order valence-corrected chi connectivity index (χ0v) is 15.0. The Hall–Kier alpha value is -1.18. The van der Waals surface area contributed by atoms with Crippen molar-refractivity contribution in [3.05, 3.63) is 11.6 Å². The van der Waals surface area contributed by atoms with E-state index in [1.807, 2.05) is 37.2 Å². The van der Waals surface area contributed by atoms with E-state index in [4.69, 9.17) is 4.74 Å². The SMILES string of the molecule is CC1CN(C(=O)C(C)N2CCN(c3nccs3)CC2)CC(C)O1. The summed E-state index contributed by atoms with van der Waals surface area (Å²) in [5.41, 5.74) is 0. The Morgan fingerprint density at radius 3 is 2.48 bits per heavy atom. The number of carbonyl (C=O) groups excluding carboxylic acids is 1. The Labute approximate surface area is 142 Å². The van der Waals surface area contributed by atoms with Gasteiger partial charge in [0.1, 0.15) is 0 Å². The highest BCUT2D eigenvalue weighted by Gasteiger charge is 2.32. The number of piperazine rings is 1. The first-order valence-corrected chi connectivity index (χ1v) is 9.25. The second-order valence-electron chi connectivity index (χ2n) is 6.51. The Balaban J connectivity index is 1.54. The van der Waals surface area contributed by atoms with Gasteiger partial charge in [0.25, 0.3) is 0 Å². The first-order valence-electron chi connectivity index (χ1n) is 8.37. The lowest BCUT2D eigenvalue weighted by atomic mass is 10.1. The van der Waals surface area contributed by atoms with E-state index in [1.165, 1.54) is 0 Å². The normalized spacial score (nSPS) is 28.0. The van der Waals surface area contributed by atoms with Gasteiger partial charge < -0.3 is 14.5 Å². The van der Waals surface area contributed by atoms with Crippen molar-refractivity contribution in [2.24, 2.45) is 0 Å². The maximum absolute atomic E-state index is 12.8. The van der Waals surface area contributed by atoms with Crippen molar-refractivity contribution in [3.63, 3.8) is 0 Å². The summed E-state index contributed by atoms with van der Waals surface area (Å²) < 4.78 is 5.73. The molecule has 1 aromatic heterocycles. The van der Waals surface area contributed by atoms with Crippen LogP contribution in [0.1, 0.15) is 20.8 Å². The standard InChI is InChI=1S/C16H26N4O2S/c1-12-10-20(11-13(2)22-12)15(21)14(3)18-5-7-19(8-6-18)16-17-4-9-23-16/h4,9,12-14H,5-8,10-11H2,1-3H3. The Bertz CT molecular complexity index is 506. The van der Waals surface area contributed by atoms with Crippen LogP contribution in [0.2, 0.25) is 0 Å². The fourth-order valence-corrected chi connectivity index (χ4v) is 4.15. The van der Waals surface area contributed by atoms with Crippen molar-refractivity contribution >= 4 is 22.4 Å². The van der Waals surface area contributed by atoms with Gasteiger partial charge in [-0.05, 0) is 20.8 Å². The molecule has 0 saturated carbocycles. The number of rotatable bonds is 3. The maximum Gasteiger partial charge on any atom is 0.239 e. The highest BCUT2D eigenvalue weighted by atomic mass is 32.1. The molecule has 7 heteroatoms. The lowest BCUT2D eigenvalue weighted by Gasteiger charge is -2.41. The van der Waals surface area contributed by atoms with Crippen LogP contribution in [0.15, 0.2) is 11.6 Å². The monoisotopic (exact) mass is 338 g/mol. The highest BCUT2D eigenvalue weighted by molar-refractivity contribution is 7.13. The molecule has 23 heavy (non-hydrogen) atoms. The number of hydrogen-bond donors (Lipinski definition) is 0. The average Bonchev–Trinajstić information content (AvgIpc) is 3.07. The summed E-state index contributed by atoms with van der Waals surface area (Å²) in [7, 11) is 0. The van der Waals surface area contributed by atoms with Crippen LogP contribution < -0.4 is 4.90 Å². The van der Waals surface area contributed by atoms with E-state index in [0.29, 0.717) is 13.1 Å². The van der Waals surface area contributed by atoms with Gasteiger partial charge >= 0.3 is 0 Å². The maximum atomic E-state index is 12.8. The molecular weight excluding hydrogens is 312 g/mol. The number of nitrogens with zero attached hydrogens (tertiary/aromatic N) is 4. The molecule has 0 aromatic carbocycles. The second-order valence-corrected chi connectivity index (χ2v) is 7.39. The molecule has 1 aromatic rings. The van der Waals surface area contributed by atoms with Crippen LogP contribution in [-0.4, -0.2) is 78.2 Å². The number of anilines is 1. The minimum Gasteiger partial charge on any atom is -0.372 e. The number of amides is 1. The van der Waals surface area contributed by atoms with E-state index in [0.717, 1.165) is 31.3 Å². The molecular formula is C16H26N4O2S. The molecule has 0 radical (unpaired) electrons. The van der Waals surface area contributed by atoms with Crippen LogP contribution >= 0.6 is 11.3 Å². The van der Waals surface area contributed by atoms with Crippen molar-refractivity contribution in [3.8, 4) is 0 Å². The van der Waals surface area contributed by atoms with E-state index in [-0.39, 0.29) is 24.2 Å². The summed E-state index contributed by atoms with van der Waals surface area (Å²) in [6.45, 7) is 11.2. The zero-order chi connectivity index (χ0) is 16.4. The van der Waals surface area contributed by atoms with Gasteiger partial charge in [0.15, 0.2) is 5.13 Å². The molecule has 2 fully saturated rings. The van der Waals surface area contributed by atoms with E-state index in [1.54, 1.807) is 11.3 Å². The first kappa shape index (κ1) is 16.7. The summed E-state index contributed by atoms with van der Waals surface area (Å²) in [6, 6.07) is -0.0639. The van der Waals surface area contributed by atoms with Crippen molar-refractivity contribution in [2.45, 2.75) is 39.0 Å². The van der Waals surface area contributed by atoms with Gasteiger partial charge in [-0.25, -0.2) is 4.98 Å². The van der Waals surface area contributed by atoms with Crippen molar-refractivity contribution in [2.75, 3.05) is 44.2 Å². The van der Waals surface area contributed by atoms with Crippen LogP contribution in [0.4, 0.5) is 5.13 Å². The Kier molecular flexibility index (Phi) is 5.18. The topological polar surface area (TPSA) is 48.9 Å². The molecule has 6 nitrogen and oxygen atoms in total. The lowest BCUT2D eigenvalue weighted by molar-refractivity contribution is -0.148. The molecule has 2 saturated heterocycles. The number of ether oxygens (including phenoxy) is 1. The van der Waals surface area contributed by atoms with Crippen molar-refractivity contribution < 1.29 is 9.53 Å². The van der Waals surface area contributed by atoms with Crippen molar-refractivity contribution in [1.29, 1.82) is 0 Å². The summed E-state index contributed by atoms with van der Waals surface area (Å²) >= 11 is 1.68. The Morgan fingerprint density at radius 1 is 1.26 bits per heavy atom. The van der Waals surface area contributed by atoms with Crippen LogP contribution in [0.3, 0.4) is 0 Å². The molecule has 1 amide bonds. The van der Waals surface area contributed by atoms with Gasteiger partial charge in [0.05, 0.1) is 18.2 Å². The molecule has 2 aliphatic heterocycles. The molecule has 0 aliphatic carbocycles. The Morgan fingerprint density at radius 2 is 1.91 bits per heavy atom. The van der Waals surface area contributed by atoms with Crippen LogP contribution in [-0.2, 0) is 9.53 Å². The van der Waals surface area contributed by atoms with Gasteiger partial charge in [-0.3, -0.25) is 9.69 Å². The van der Waals surface area contributed by atoms with E-state index in [2.05, 4.69) is 14.8 Å². The first-order chi connectivity index (χ1) is 11.0. The second kappa shape index (κ2) is 7.15. The number of morpholine rings is 1. The van der Waals surface area contributed by atoms with Gasteiger partial charge in [0.2, 0.25) is 5.91 Å². The average molecular weight is 338 g/mol. The summed E-state index contributed by atoms with van der Waals surface area (Å²) in [4.78, 5) is 23.7. The van der Waals surface area contributed by atoms with Crippen molar-refractivity contribution in [1.82, 2.24) is 14.8 Å². The van der Waals surface area contributed by atoms with Gasteiger partial charge in [-0.2, -0.15) is 0 Å². The number of aromatic nitrogens is 1. The summed E-state index contributed by atoms with van der Waals surface area (Å²) in [5.74, 6) is 0.231. The lowest BCUT2D eigenvalue weighted by Crippen LogP contribution is -2.57. The van der Waals surface area contributed by atoms with E-state index >= 15 is 0 Å². The van der Waals surface area contributed by atoms with Gasteiger partial charge in [-0.15, -0.1) is 11.3 Å². The molecule has 128 valence electrons. The van der Waals surface area contributed by atoms with Gasteiger partial charge in [-0.1, -0.05) is 0 Å². The fraction of sp³-hybridized carbons (Fsp3) is 0.750. The minimum atomic E-state index is -0.0639. The third-order valence-corrected chi connectivity index (χ3v) is 5.47. The molecule has 3 rings (SSSR count). The summed E-state index contributed by atoms with van der Waals surface area (Å²) in [6.07, 6.45) is 2.09. The predicted octanol–water partition coefficient (Wildman–Crippen LogP) is 1.29. The molecule has 3 atom stereocenters. The molecule has 2 aliphatic rings.